The predicted octanol–water partition coefficient (Wildman–Crippen LogP) is 6.76. The highest BCUT2D eigenvalue weighted by Gasteiger charge is 2.15. The van der Waals surface area contributed by atoms with E-state index in [4.69, 9.17) is 9.84 Å². The number of benzene rings is 2. The second-order valence-corrected chi connectivity index (χ2v) is 16.1. The lowest BCUT2D eigenvalue weighted by Gasteiger charge is -2.15. The highest BCUT2D eigenvalue weighted by Crippen LogP contribution is 2.33. The van der Waals surface area contributed by atoms with Gasteiger partial charge in [0.15, 0.2) is 0 Å². The fourth-order valence-electron chi connectivity index (χ4n) is 3.49. The molecule has 180 valence electrons. The topological polar surface area (TPSA) is 77.2 Å². The summed E-state index contributed by atoms with van der Waals surface area (Å²) in [5.74, 6) is -0.933. The van der Waals surface area contributed by atoms with Crippen LogP contribution in [0.15, 0.2) is 76.7 Å². The molecular weight excluding hydrogens is 474 g/mol. The molecule has 0 bridgehead atoms. The third kappa shape index (κ3) is 6.69. The molecule has 1 N–H and O–H groups in total. The van der Waals surface area contributed by atoms with Gasteiger partial charge in [0.25, 0.3) is 0 Å². The van der Waals surface area contributed by atoms with Crippen LogP contribution < -0.4 is 0 Å². The van der Waals surface area contributed by atoms with E-state index < -0.39 is 14.0 Å². The molecule has 0 amide bonds. The van der Waals surface area contributed by atoms with Gasteiger partial charge >= 0.3 is 5.97 Å². The van der Waals surface area contributed by atoms with Gasteiger partial charge in [0.05, 0.1) is 22.5 Å². The molecule has 0 spiro atoms. The van der Waals surface area contributed by atoms with Crippen LogP contribution in [0.4, 0.5) is 0 Å². The molecular formula is C27H29N3O3SSi. The first-order valence-corrected chi connectivity index (χ1v) is 16.0. The number of rotatable bonds is 10. The van der Waals surface area contributed by atoms with Crippen molar-refractivity contribution < 1.29 is 14.6 Å². The van der Waals surface area contributed by atoms with Crippen LogP contribution in [0.25, 0.3) is 23.1 Å². The Balaban J connectivity index is 1.65. The maximum Gasteiger partial charge on any atom is 0.336 e. The molecule has 4 rings (SSSR count). The van der Waals surface area contributed by atoms with Crippen molar-refractivity contribution in [2.75, 3.05) is 6.61 Å². The first-order valence-electron chi connectivity index (χ1n) is 11.5. The largest absolute Gasteiger partial charge is 0.478 e. The van der Waals surface area contributed by atoms with Crippen LogP contribution in [-0.4, -0.2) is 40.5 Å². The molecule has 2 aromatic carbocycles. The minimum absolute atomic E-state index is 0.291. The predicted molar refractivity (Wildman–Crippen MR) is 145 cm³/mol. The molecule has 0 unspecified atom stereocenters. The molecule has 4 aromatic rings. The van der Waals surface area contributed by atoms with Crippen LogP contribution in [-0.2, 0) is 11.5 Å². The van der Waals surface area contributed by atoms with Crippen molar-refractivity contribution in [3.8, 4) is 0 Å². The van der Waals surface area contributed by atoms with Crippen LogP contribution in [0.5, 0.6) is 0 Å². The van der Waals surface area contributed by atoms with Crippen molar-refractivity contribution in [2.24, 2.45) is 0 Å². The number of pyridine rings is 1. The van der Waals surface area contributed by atoms with E-state index in [0.29, 0.717) is 23.8 Å². The molecule has 6 nitrogen and oxygen atoms in total. The Bertz CT molecular complexity index is 1350. The summed E-state index contributed by atoms with van der Waals surface area (Å²) in [5, 5.41) is 15.4. The molecule has 0 saturated carbocycles. The first-order chi connectivity index (χ1) is 16.8. The zero-order valence-corrected chi connectivity index (χ0v) is 22.0. The van der Waals surface area contributed by atoms with Gasteiger partial charge in [0, 0.05) is 36.1 Å². The number of ether oxygens (including phenoxy) is 1. The molecule has 0 aliphatic carbocycles. The van der Waals surface area contributed by atoms with E-state index in [2.05, 4.69) is 24.6 Å². The van der Waals surface area contributed by atoms with Gasteiger partial charge in [0.1, 0.15) is 6.73 Å². The Hall–Kier alpha value is -3.20. The van der Waals surface area contributed by atoms with E-state index in [1.807, 2.05) is 65.4 Å². The van der Waals surface area contributed by atoms with E-state index in [1.165, 1.54) is 11.8 Å². The lowest BCUT2D eigenvalue weighted by atomic mass is 10.2. The smallest absolute Gasteiger partial charge is 0.336 e. The summed E-state index contributed by atoms with van der Waals surface area (Å²) in [6, 6.07) is 20.0. The van der Waals surface area contributed by atoms with Gasteiger partial charge in [-0.25, -0.2) is 9.48 Å². The van der Waals surface area contributed by atoms with Crippen molar-refractivity contribution in [1.29, 1.82) is 0 Å². The van der Waals surface area contributed by atoms with E-state index >= 15 is 0 Å². The maximum atomic E-state index is 11.6. The number of aromatic carboxylic acids is 1. The zero-order chi connectivity index (χ0) is 24.8. The summed E-state index contributed by atoms with van der Waals surface area (Å²) in [4.78, 5) is 17.6. The fourth-order valence-corrected chi connectivity index (χ4v) is 5.22. The molecule has 0 aliphatic heterocycles. The number of carbonyl (C=O) groups is 1. The first kappa shape index (κ1) is 24.9. The molecule has 8 heteroatoms. The zero-order valence-electron chi connectivity index (χ0n) is 20.1. The number of aromatic nitrogens is 3. The maximum absolute atomic E-state index is 11.6. The monoisotopic (exact) mass is 503 g/mol. The van der Waals surface area contributed by atoms with Gasteiger partial charge in [-0.1, -0.05) is 49.6 Å². The van der Waals surface area contributed by atoms with Crippen molar-refractivity contribution in [2.45, 2.75) is 42.2 Å². The van der Waals surface area contributed by atoms with Crippen LogP contribution in [0, 0.1) is 0 Å². The van der Waals surface area contributed by atoms with Gasteiger partial charge in [-0.05, 0) is 60.7 Å². The standard InChI is InChI=1S/C27H29N3O3SSi/c1-35(2,3)17-16-33-19-30-25-18-21(34-26-10-5-4-9-23(26)27(31)32)12-13-22(25)24(29-30)14-11-20-8-6-7-15-28-20/h4-15,18H,16-17,19H2,1-3H3,(H,31,32). The summed E-state index contributed by atoms with van der Waals surface area (Å²) in [5.41, 5.74) is 2.93. The lowest BCUT2D eigenvalue weighted by Crippen LogP contribution is -2.22. The molecule has 0 atom stereocenters. The Morgan fingerprint density at radius 1 is 1.09 bits per heavy atom. The Kier molecular flexibility index (Phi) is 7.85. The summed E-state index contributed by atoms with van der Waals surface area (Å²) in [6.45, 7) is 8.06. The number of nitrogens with zero attached hydrogens (tertiary/aromatic N) is 3. The van der Waals surface area contributed by atoms with Crippen molar-refractivity contribution in [3.63, 3.8) is 0 Å². The summed E-state index contributed by atoms with van der Waals surface area (Å²) < 4.78 is 7.88. The summed E-state index contributed by atoms with van der Waals surface area (Å²) in [6.07, 6.45) is 5.68. The second-order valence-electron chi connectivity index (χ2n) is 9.40. The van der Waals surface area contributed by atoms with Crippen molar-refractivity contribution >= 4 is 48.9 Å². The molecule has 0 radical (unpaired) electrons. The lowest BCUT2D eigenvalue weighted by molar-refractivity contribution is 0.0693. The summed E-state index contributed by atoms with van der Waals surface area (Å²) in [7, 11) is -1.19. The molecule has 2 heterocycles. The molecule has 35 heavy (non-hydrogen) atoms. The Labute approximate surface area is 210 Å². The summed E-state index contributed by atoms with van der Waals surface area (Å²) >= 11 is 1.43. The van der Waals surface area contributed by atoms with Crippen molar-refractivity contribution in [1.82, 2.24) is 14.8 Å². The van der Waals surface area contributed by atoms with Crippen LogP contribution >= 0.6 is 11.8 Å². The van der Waals surface area contributed by atoms with Gasteiger partial charge in [0.2, 0.25) is 0 Å². The number of carboxylic acids is 1. The van der Waals surface area contributed by atoms with Gasteiger partial charge < -0.3 is 9.84 Å². The second kappa shape index (κ2) is 11.0. The average molecular weight is 504 g/mol. The van der Waals surface area contributed by atoms with Crippen LogP contribution in [0.3, 0.4) is 0 Å². The molecule has 0 fully saturated rings. The minimum atomic E-state index is -1.19. The Morgan fingerprint density at radius 3 is 2.63 bits per heavy atom. The highest BCUT2D eigenvalue weighted by atomic mass is 32.2. The normalized spacial score (nSPS) is 12.0. The fraction of sp³-hybridized carbons (Fsp3) is 0.222. The number of carboxylic acid groups (broad SMARTS) is 1. The number of fused-ring (bicyclic) bond motifs is 1. The van der Waals surface area contributed by atoms with Crippen LogP contribution in [0.2, 0.25) is 25.7 Å². The third-order valence-corrected chi connectivity index (χ3v) is 8.18. The SMILES string of the molecule is C[Si](C)(C)CCOCn1nc(C=Cc2ccccn2)c2ccc(Sc3ccccc3C(=O)O)cc21. The van der Waals surface area contributed by atoms with Gasteiger partial charge in [-0.15, -0.1) is 0 Å². The average Bonchev–Trinajstić information content (AvgIpc) is 3.17. The number of hydrogen-bond donors (Lipinski definition) is 1. The van der Waals surface area contributed by atoms with E-state index in [9.17, 15) is 9.90 Å². The Morgan fingerprint density at radius 2 is 1.89 bits per heavy atom. The van der Waals surface area contributed by atoms with Gasteiger partial charge in [-0.3, -0.25) is 4.98 Å². The van der Waals surface area contributed by atoms with E-state index in [-0.39, 0.29) is 0 Å². The molecule has 2 aromatic heterocycles. The molecule has 0 saturated heterocycles. The number of hydrogen-bond acceptors (Lipinski definition) is 5. The third-order valence-electron chi connectivity index (χ3n) is 5.41. The van der Waals surface area contributed by atoms with Gasteiger partial charge in [-0.2, -0.15) is 5.10 Å². The molecule has 0 aliphatic rings. The van der Waals surface area contributed by atoms with E-state index in [0.717, 1.165) is 33.2 Å². The van der Waals surface area contributed by atoms with E-state index in [1.54, 1.807) is 18.3 Å². The van der Waals surface area contributed by atoms with Crippen molar-refractivity contribution in [3.05, 3.63) is 83.8 Å². The quantitative estimate of drug-likeness (QED) is 0.190. The van der Waals surface area contributed by atoms with Crippen LogP contribution in [0.1, 0.15) is 21.7 Å². The minimum Gasteiger partial charge on any atom is -0.478 e. The highest BCUT2D eigenvalue weighted by molar-refractivity contribution is 7.99.